The van der Waals surface area contributed by atoms with E-state index in [0.29, 0.717) is 22.8 Å². The van der Waals surface area contributed by atoms with E-state index in [1.54, 1.807) is 0 Å². The Labute approximate surface area is 334 Å². The first-order valence-corrected chi connectivity index (χ1v) is 19.3. The number of hydrogen-bond donors (Lipinski definition) is 0. The van der Waals surface area contributed by atoms with Crippen molar-refractivity contribution in [3.05, 3.63) is 200 Å². The Morgan fingerprint density at radius 1 is 0.397 bits per heavy atom. The second-order valence-corrected chi connectivity index (χ2v) is 14.5. The zero-order chi connectivity index (χ0) is 38.6. The van der Waals surface area contributed by atoms with Crippen molar-refractivity contribution in [1.29, 1.82) is 5.26 Å². The number of hydrogen-bond acceptors (Lipinski definition) is 4. The summed E-state index contributed by atoms with van der Waals surface area (Å²) in [6.45, 7) is 0. The minimum Gasteiger partial charge on any atom is -0.456 e. The Kier molecular flexibility index (Phi) is 7.80. The third kappa shape index (κ3) is 5.55. The maximum Gasteiger partial charge on any atom is 0.160 e. The van der Waals surface area contributed by atoms with Crippen LogP contribution in [-0.2, 0) is 0 Å². The third-order valence-corrected chi connectivity index (χ3v) is 11.1. The molecule has 0 saturated carbocycles. The van der Waals surface area contributed by atoms with Crippen molar-refractivity contribution in [3.8, 4) is 67.9 Å². The highest BCUT2D eigenvalue weighted by molar-refractivity contribution is 6.12. The van der Waals surface area contributed by atoms with Gasteiger partial charge in [0.15, 0.2) is 5.82 Å². The lowest BCUT2D eigenvalue weighted by Crippen LogP contribution is -2.01. The molecular formula is C53H32N4O. The first-order valence-electron chi connectivity index (χ1n) is 19.3. The van der Waals surface area contributed by atoms with Crippen LogP contribution >= 0.6 is 0 Å². The van der Waals surface area contributed by atoms with Crippen LogP contribution in [0.3, 0.4) is 0 Å². The van der Waals surface area contributed by atoms with E-state index in [1.165, 1.54) is 33.0 Å². The Morgan fingerprint density at radius 3 is 1.34 bits per heavy atom. The van der Waals surface area contributed by atoms with E-state index in [2.05, 4.69) is 132 Å². The molecule has 0 fully saturated rings. The molecule has 0 atom stereocenters. The fourth-order valence-corrected chi connectivity index (χ4v) is 8.27. The summed E-state index contributed by atoms with van der Waals surface area (Å²) in [5.74, 6) is 0.523. The first kappa shape index (κ1) is 33.3. The highest BCUT2D eigenvalue weighted by atomic mass is 16.3. The summed E-state index contributed by atoms with van der Waals surface area (Å²) in [4.78, 5) is 10.0. The second-order valence-electron chi connectivity index (χ2n) is 14.5. The van der Waals surface area contributed by atoms with Gasteiger partial charge in [0.05, 0.1) is 22.4 Å². The number of benzene rings is 8. The molecule has 5 nitrogen and oxygen atoms in total. The summed E-state index contributed by atoms with van der Waals surface area (Å²) in [6.07, 6.45) is 0. The molecule has 0 radical (unpaired) electrons. The maximum absolute atomic E-state index is 10.4. The molecule has 11 aromatic rings. The molecule has 0 bridgehead atoms. The number of aromatic nitrogens is 3. The molecule has 58 heavy (non-hydrogen) atoms. The van der Waals surface area contributed by atoms with Crippen molar-refractivity contribution in [3.63, 3.8) is 0 Å². The highest BCUT2D eigenvalue weighted by Gasteiger charge is 2.20. The van der Waals surface area contributed by atoms with Gasteiger partial charge in [-0.3, -0.25) is 0 Å². The van der Waals surface area contributed by atoms with Gasteiger partial charge in [-0.2, -0.15) is 5.26 Å². The number of nitrogens with zero attached hydrogens (tertiary/aromatic N) is 4. The monoisotopic (exact) mass is 740 g/mol. The number of furan rings is 1. The molecule has 0 spiro atoms. The van der Waals surface area contributed by atoms with Gasteiger partial charge in [0.25, 0.3) is 0 Å². The van der Waals surface area contributed by atoms with Crippen LogP contribution in [0.1, 0.15) is 5.56 Å². The minimum atomic E-state index is 0.441. The summed E-state index contributed by atoms with van der Waals surface area (Å²) in [5.41, 5.74) is 13.7. The SMILES string of the molecule is N#Cc1c(-c2ccccc2)nc(-c2ccc3c(c2)oc2cc(-n4c5ccc(-c6ccccc6)cc5c5cc(-c6ccccc6)ccc54)ccc23)nc1-c1ccccc1. The lowest BCUT2D eigenvalue weighted by molar-refractivity contribution is 0.668. The van der Waals surface area contributed by atoms with Crippen LogP contribution in [0.2, 0.25) is 0 Å². The van der Waals surface area contributed by atoms with Gasteiger partial charge < -0.3 is 8.98 Å². The summed E-state index contributed by atoms with van der Waals surface area (Å²) < 4.78 is 9.03. The van der Waals surface area contributed by atoms with E-state index in [1.807, 2.05) is 72.8 Å². The molecule has 3 aromatic heterocycles. The minimum absolute atomic E-state index is 0.441. The van der Waals surface area contributed by atoms with Gasteiger partial charge in [0.1, 0.15) is 22.8 Å². The van der Waals surface area contributed by atoms with Crippen molar-refractivity contribution in [1.82, 2.24) is 14.5 Å². The highest BCUT2D eigenvalue weighted by Crippen LogP contribution is 2.40. The molecule has 0 aliphatic carbocycles. The lowest BCUT2D eigenvalue weighted by atomic mass is 10.00. The molecule has 0 unspecified atom stereocenters. The Hall–Kier alpha value is -8.07. The van der Waals surface area contributed by atoms with Crippen LogP contribution in [0.15, 0.2) is 199 Å². The van der Waals surface area contributed by atoms with Crippen molar-refractivity contribution < 1.29 is 4.42 Å². The van der Waals surface area contributed by atoms with E-state index in [9.17, 15) is 5.26 Å². The largest absolute Gasteiger partial charge is 0.456 e. The average Bonchev–Trinajstić information content (AvgIpc) is 3.83. The Morgan fingerprint density at radius 2 is 0.845 bits per heavy atom. The van der Waals surface area contributed by atoms with Crippen LogP contribution in [-0.4, -0.2) is 14.5 Å². The molecule has 0 aliphatic rings. The lowest BCUT2D eigenvalue weighted by Gasteiger charge is -2.12. The number of fused-ring (bicyclic) bond motifs is 6. The number of nitriles is 1. The fourth-order valence-electron chi connectivity index (χ4n) is 8.27. The van der Waals surface area contributed by atoms with E-state index >= 15 is 0 Å². The second kappa shape index (κ2) is 13.6. The standard InChI is InChI=1S/C53H32N4O/c54-33-46-51(36-17-9-3-10-18-36)55-53(56-52(46)37-19-11-4-12-20-37)40-21-25-42-43-26-24-41(32-50(43)58-49(42)31-40)57-47-27-22-38(34-13-5-1-6-14-34)29-44(47)45-30-39(23-28-48(45)57)35-15-7-2-8-16-35/h1-32H. The average molecular weight is 741 g/mol. The zero-order valence-corrected chi connectivity index (χ0v) is 31.2. The van der Waals surface area contributed by atoms with Crippen molar-refractivity contribution in [2.24, 2.45) is 0 Å². The van der Waals surface area contributed by atoms with Crippen molar-refractivity contribution >= 4 is 43.7 Å². The molecule has 0 saturated heterocycles. The van der Waals surface area contributed by atoms with Crippen LogP contribution < -0.4 is 0 Å². The molecular weight excluding hydrogens is 709 g/mol. The summed E-state index contributed by atoms with van der Waals surface area (Å²) in [7, 11) is 0. The molecule has 8 aromatic carbocycles. The van der Waals surface area contributed by atoms with Crippen LogP contribution in [0.5, 0.6) is 0 Å². The summed E-state index contributed by atoms with van der Waals surface area (Å²) >= 11 is 0. The van der Waals surface area contributed by atoms with Gasteiger partial charge in [-0.15, -0.1) is 0 Å². The van der Waals surface area contributed by atoms with Gasteiger partial charge in [0.2, 0.25) is 0 Å². The maximum atomic E-state index is 10.4. The van der Waals surface area contributed by atoms with Gasteiger partial charge in [-0.25, -0.2) is 9.97 Å². The molecule has 0 amide bonds. The molecule has 0 aliphatic heterocycles. The molecule has 0 N–H and O–H groups in total. The van der Waals surface area contributed by atoms with Gasteiger partial charge in [0, 0.05) is 50.0 Å². The van der Waals surface area contributed by atoms with E-state index < -0.39 is 0 Å². The molecule has 3 heterocycles. The molecule has 270 valence electrons. The fraction of sp³-hybridized carbons (Fsp3) is 0. The van der Waals surface area contributed by atoms with Gasteiger partial charge in [-0.1, -0.05) is 140 Å². The van der Waals surface area contributed by atoms with Crippen LogP contribution in [0, 0.1) is 11.3 Å². The zero-order valence-electron chi connectivity index (χ0n) is 31.2. The van der Waals surface area contributed by atoms with Crippen molar-refractivity contribution in [2.75, 3.05) is 0 Å². The first-order chi connectivity index (χ1) is 28.7. The van der Waals surface area contributed by atoms with Gasteiger partial charge in [-0.05, 0) is 70.8 Å². The predicted molar refractivity (Wildman–Crippen MR) is 236 cm³/mol. The third-order valence-electron chi connectivity index (χ3n) is 11.1. The Bertz CT molecular complexity index is 3220. The smallest absolute Gasteiger partial charge is 0.160 e. The normalized spacial score (nSPS) is 11.4. The Balaban J connectivity index is 1.06. The van der Waals surface area contributed by atoms with E-state index in [0.717, 1.165) is 55.3 Å². The quantitative estimate of drug-likeness (QED) is 0.170. The molecule has 11 rings (SSSR count). The van der Waals surface area contributed by atoms with Gasteiger partial charge >= 0.3 is 0 Å². The molecule has 5 heteroatoms. The van der Waals surface area contributed by atoms with Crippen LogP contribution in [0.25, 0.3) is 106 Å². The van der Waals surface area contributed by atoms with E-state index in [4.69, 9.17) is 14.4 Å². The number of rotatable bonds is 6. The summed E-state index contributed by atoms with van der Waals surface area (Å²) in [6, 6.07) is 69.3. The van der Waals surface area contributed by atoms with E-state index in [-0.39, 0.29) is 0 Å². The topological polar surface area (TPSA) is 67.6 Å². The van der Waals surface area contributed by atoms with Crippen molar-refractivity contribution in [2.45, 2.75) is 0 Å². The predicted octanol–water partition coefficient (Wildman–Crippen LogP) is 13.7. The summed E-state index contributed by atoms with van der Waals surface area (Å²) in [5, 5.41) is 14.8. The van der Waals surface area contributed by atoms with Crippen LogP contribution in [0.4, 0.5) is 0 Å².